The molecule has 6 rings (SSSR count). The van der Waals surface area contributed by atoms with Gasteiger partial charge in [0.1, 0.15) is 11.9 Å². The largest absolute Gasteiger partial charge is 0.496 e. The summed E-state index contributed by atoms with van der Waals surface area (Å²) < 4.78 is 17.1. The summed E-state index contributed by atoms with van der Waals surface area (Å²) in [6.45, 7) is 3.05. The maximum Gasteiger partial charge on any atom is 0.337 e. The van der Waals surface area contributed by atoms with Gasteiger partial charge in [-0.1, -0.05) is 36.4 Å². The molecule has 2 atom stereocenters. The number of nitrogens with one attached hydrogen (secondary N) is 1. The SMILES string of the molecule is COc1ccccc1C1CC(=O)C2=C(C1)NC(C)=C(C(=O)OC1CCOCC1)C2c1cccc2cnccc12. The van der Waals surface area contributed by atoms with Crippen LogP contribution in [0.5, 0.6) is 5.75 Å². The van der Waals surface area contributed by atoms with Crippen LogP contribution in [-0.4, -0.2) is 43.2 Å². The summed E-state index contributed by atoms with van der Waals surface area (Å²) in [4.78, 5) is 32.2. The predicted octanol–water partition coefficient (Wildman–Crippen LogP) is 5.33. The second kappa shape index (κ2) is 10.7. The molecule has 200 valence electrons. The van der Waals surface area contributed by atoms with Gasteiger partial charge in [0.05, 0.1) is 25.9 Å². The zero-order chi connectivity index (χ0) is 26.9. The number of ketones is 1. The van der Waals surface area contributed by atoms with Crippen molar-refractivity contribution in [2.24, 2.45) is 0 Å². The lowest BCUT2D eigenvalue weighted by molar-refractivity contribution is -0.148. The summed E-state index contributed by atoms with van der Waals surface area (Å²) in [6, 6.07) is 15.8. The molecule has 2 aliphatic heterocycles. The van der Waals surface area contributed by atoms with Gasteiger partial charge in [0.15, 0.2) is 5.78 Å². The van der Waals surface area contributed by atoms with Crippen molar-refractivity contribution >= 4 is 22.5 Å². The Morgan fingerprint density at radius 2 is 1.82 bits per heavy atom. The van der Waals surface area contributed by atoms with E-state index in [1.54, 1.807) is 13.3 Å². The van der Waals surface area contributed by atoms with E-state index in [1.165, 1.54) is 0 Å². The summed E-state index contributed by atoms with van der Waals surface area (Å²) >= 11 is 0. The van der Waals surface area contributed by atoms with E-state index >= 15 is 0 Å². The van der Waals surface area contributed by atoms with Gasteiger partial charge in [-0.3, -0.25) is 9.78 Å². The van der Waals surface area contributed by atoms with E-state index in [2.05, 4.69) is 10.3 Å². The molecule has 2 unspecified atom stereocenters. The molecule has 0 spiro atoms. The number of dihydropyridines is 1. The van der Waals surface area contributed by atoms with E-state index in [0.29, 0.717) is 50.0 Å². The lowest BCUT2D eigenvalue weighted by Crippen LogP contribution is -2.37. The number of aromatic nitrogens is 1. The molecule has 1 saturated heterocycles. The van der Waals surface area contributed by atoms with Crippen LogP contribution in [0, 0.1) is 0 Å². The van der Waals surface area contributed by atoms with E-state index in [-0.39, 0.29) is 23.8 Å². The van der Waals surface area contributed by atoms with Crippen LogP contribution in [0.15, 0.2) is 83.5 Å². The molecule has 7 nitrogen and oxygen atoms in total. The number of benzene rings is 2. The van der Waals surface area contributed by atoms with Gasteiger partial charge in [0.2, 0.25) is 0 Å². The van der Waals surface area contributed by atoms with Crippen LogP contribution in [0.25, 0.3) is 10.8 Å². The smallest absolute Gasteiger partial charge is 0.337 e. The van der Waals surface area contributed by atoms with Crippen molar-refractivity contribution in [1.82, 2.24) is 10.3 Å². The minimum Gasteiger partial charge on any atom is -0.496 e. The quantitative estimate of drug-likeness (QED) is 0.452. The number of fused-ring (bicyclic) bond motifs is 1. The summed E-state index contributed by atoms with van der Waals surface area (Å²) in [6.07, 6.45) is 5.68. The molecule has 1 aromatic heterocycles. The first-order chi connectivity index (χ1) is 19.0. The Hall–Kier alpha value is -3.97. The first-order valence-electron chi connectivity index (χ1n) is 13.5. The van der Waals surface area contributed by atoms with Gasteiger partial charge in [-0.05, 0) is 42.0 Å². The minimum absolute atomic E-state index is 0.0270. The highest BCUT2D eigenvalue weighted by atomic mass is 16.6. The Labute approximate surface area is 227 Å². The van der Waals surface area contributed by atoms with Crippen LogP contribution >= 0.6 is 0 Å². The lowest BCUT2D eigenvalue weighted by Gasteiger charge is -2.37. The van der Waals surface area contributed by atoms with Gasteiger partial charge in [0.25, 0.3) is 0 Å². The first kappa shape index (κ1) is 25.3. The molecule has 3 aliphatic rings. The van der Waals surface area contributed by atoms with Crippen molar-refractivity contribution < 1.29 is 23.8 Å². The van der Waals surface area contributed by atoms with Crippen molar-refractivity contribution in [3.8, 4) is 5.75 Å². The summed E-state index contributed by atoms with van der Waals surface area (Å²) in [5.74, 6) is -0.137. The molecule has 3 heterocycles. The van der Waals surface area contributed by atoms with Gasteiger partial charge in [-0.25, -0.2) is 4.79 Å². The Kier molecular flexibility index (Phi) is 6.92. The lowest BCUT2D eigenvalue weighted by atomic mass is 9.71. The van der Waals surface area contributed by atoms with Crippen molar-refractivity contribution in [2.45, 2.75) is 50.5 Å². The van der Waals surface area contributed by atoms with E-state index in [0.717, 1.165) is 39.0 Å². The Balaban J connectivity index is 1.45. The maximum atomic E-state index is 14.1. The number of allylic oxidation sites excluding steroid dienone is 3. The number of carbonyl (C=O) groups is 2. The molecule has 3 aromatic rings. The maximum absolute atomic E-state index is 14.1. The third-order valence-electron chi connectivity index (χ3n) is 8.09. The Bertz CT molecular complexity index is 1500. The van der Waals surface area contributed by atoms with Gasteiger partial charge in [-0.2, -0.15) is 0 Å². The van der Waals surface area contributed by atoms with Gasteiger partial charge in [-0.15, -0.1) is 0 Å². The zero-order valence-electron chi connectivity index (χ0n) is 22.2. The standard InChI is InChI=1S/C32H32N2O5/c1-19-29(32(36)39-22-11-14-38-15-12-22)30(25-8-5-6-20-18-33-13-10-23(20)25)31-26(34-19)16-21(17-27(31)35)24-7-3-4-9-28(24)37-2/h3-10,13,18,21-22,30,34H,11-12,14-17H2,1-2H3. The average Bonchev–Trinajstić information content (AvgIpc) is 2.96. The number of ether oxygens (including phenoxy) is 3. The third-order valence-corrected chi connectivity index (χ3v) is 8.09. The fourth-order valence-electron chi connectivity index (χ4n) is 6.25. The highest BCUT2D eigenvalue weighted by Crippen LogP contribution is 2.48. The van der Waals surface area contributed by atoms with Gasteiger partial charge < -0.3 is 19.5 Å². The second-order valence-corrected chi connectivity index (χ2v) is 10.4. The van der Waals surface area contributed by atoms with Crippen molar-refractivity contribution in [1.29, 1.82) is 0 Å². The number of esters is 1. The normalized spacial score (nSPS) is 21.9. The van der Waals surface area contributed by atoms with Crippen molar-refractivity contribution in [3.63, 3.8) is 0 Å². The second-order valence-electron chi connectivity index (χ2n) is 10.4. The van der Waals surface area contributed by atoms with Crippen molar-refractivity contribution in [2.75, 3.05) is 20.3 Å². The molecule has 1 fully saturated rings. The minimum atomic E-state index is -0.536. The number of rotatable bonds is 5. The fourth-order valence-corrected chi connectivity index (χ4v) is 6.25. The molecule has 0 amide bonds. The van der Waals surface area contributed by atoms with Crippen LogP contribution in [0.1, 0.15) is 55.6 Å². The van der Waals surface area contributed by atoms with Crippen LogP contribution < -0.4 is 10.1 Å². The molecule has 0 radical (unpaired) electrons. The van der Waals surface area contributed by atoms with E-state index in [4.69, 9.17) is 14.2 Å². The number of pyridine rings is 1. The summed E-state index contributed by atoms with van der Waals surface area (Å²) in [5, 5.41) is 5.39. The molecule has 7 heteroatoms. The van der Waals surface area contributed by atoms with Crippen LogP contribution in [0.4, 0.5) is 0 Å². The number of nitrogens with zero attached hydrogens (tertiary/aromatic N) is 1. The number of para-hydroxylation sites is 1. The number of Topliss-reactive ketones (excluding diaryl/α,β-unsaturated/α-hetero) is 1. The Morgan fingerprint density at radius 3 is 2.64 bits per heavy atom. The van der Waals surface area contributed by atoms with Crippen LogP contribution in [0.3, 0.4) is 0 Å². The molecule has 1 aliphatic carbocycles. The summed E-state index contributed by atoms with van der Waals surface area (Å²) in [5.41, 5.74) is 4.64. The van der Waals surface area contributed by atoms with Crippen LogP contribution in [0.2, 0.25) is 0 Å². The predicted molar refractivity (Wildman–Crippen MR) is 147 cm³/mol. The van der Waals surface area contributed by atoms with Gasteiger partial charge in [0, 0.05) is 65.8 Å². The number of carbonyl (C=O) groups excluding carboxylic acids is 2. The molecule has 1 N–H and O–H groups in total. The Morgan fingerprint density at radius 1 is 1.03 bits per heavy atom. The number of hydrogen-bond acceptors (Lipinski definition) is 7. The molecule has 0 bridgehead atoms. The molecule has 0 saturated carbocycles. The fraction of sp³-hybridized carbons (Fsp3) is 0.344. The topological polar surface area (TPSA) is 86.8 Å². The highest BCUT2D eigenvalue weighted by molar-refractivity contribution is 6.05. The van der Waals surface area contributed by atoms with E-state index < -0.39 is 5.92 Å². The van der Waals surface area contributed by atoms with Gasteiger partial charge >= 0.3 is 5.97 Å². The first-order valence-corrected chi connectivity index (χ1v) is 13.5. The summed E-state index contributed by atoms with van der Waals surface area (Å²) in [7, 11) is 1.65. The third kappa shape index (κ3) is 4.72. The average molecular weight is 525 g/mol. The molecular formula is C32H32N2O5. The molecular weight excluding hydrogens is 492 g/mol. The van der Waals surface area contributed by atoms with E-state index in [1.807, 2.05) is 61.7 Å². The molecule has 39 heavy (non-hydrogen) atoms. The van der Waals surface area contributed by atoms with Crippen LogP contribution in [-0.2, 0) is 19.1 Å². The molecule has 2 aromatic carbocycles. The number of methoxy groups -OCH3 is 1. The van der Waals surface area contributed by atoms with E-state index in [9.17, 15) is 9.59 Å². The van der Waals surface area contributed by atoms with Crippen molar-refractivity contribution in [3.05, 3.63) is 94.6 Å². The number of hydrogen-bond donors (Lipinski definition) is 1. The monoisotopic (exact) mass is 524 g/mol. The zero-order valence-corrected chi connectivity index (χ0v) is 22.2. The highest BCUT2D eigenvalue weighted by Gasteiger charge is 2.42.